The molecule has 1 aromatic carbocycles. The average molecular weight is 521 g/mol. The molecule has 0 spiro atoms. The molecule has 0 saturated heterocycles. The van der Waals surface area contributed by atoms with Gasteiger partial charge in [0.2, 0.25) is 5.91 Å². The van der Waals surface area contributed by atoms with Crippen molar-refractivity contribution in [2.75, 3.05) is 18.5 Å². The number of anilines is 1. The Bertz CT molecular complexity index is 1280. The third-order valence-electron chi connectivity index (χ3n) is 6.79. The maximum atomic E-state index is 13.5. The molecule has 0 radical (unpaired) electrons. The molecule has 1 aliphatic heterocycles. The number of carboxylic acids is 1. The zero-order valence-electron chi connectivity index (χ0n) is 22.5. The number of unbranched alkanes of at least 4 members (excludes halogenated alkanes) is 1. The Hall–Kier alpha value is -3.75. The van der Waals surface area contributed by atoms with E-state index in [0.29, 0.717) is 48.0 Å². The van der Waals surface area contributed by atoms with Crippen LogP contribution >= 0.6 is 0 Å². The third kappa shape index (κ3) is 6.38. The summed E-state index contributed by atoms with van der Waals surface area (Å²) in [4.78, 5) is 42.8. The number of amidine groups is 1. The summed E-state index contributed by atoms with van der Waals surface area (Å²) in [6.45, 7) is 8.17. The van der Waals surface area contributed by atoms with Crippen molar-refractivity contribution >= 4 is 29.2 Å². The van der Waals surface area contributed by atoms with Gasteiger partial charge in [-0.1, -0.05) is 26.8 Å². The van der Waals surface area contributed by atoms with E-state index in [0.717, 1.165) is 29.7 Å². The van der Waals surface area contributed by atoms with Gasteiger partial charge >= 0.3 is 5.97 Å². The molecule has 1 aromatic heterocycles. The second-order valence-corrected chi connectivity index (χ2v) is 11.2. The second kappa shape index (κ2) is 10.9. The normalized spacial score (nSPS) is 14.8. The molecule has 3 N–H and O–H groups in total. The lowest BCUT2D eigenvalue weighted by molar-refractivity contribution is -0.137. The van der Waals surface area contributed by atoms with E-state index in [9.17, 15) is 14.4 Å². The maximum Gasteiger partial charge on any atom is 0.303 e. The van der Waals surface area contributed by atoms with Crippen LogP contribution in [-0.2, 0) is 21.5 Å². The van der Waals surface area contributed by atoms with Gasteiger partial charge < -0.3 is 20.1 Å². The van der Waals surface area contributed by atoms with Crippen LogP contribution in [0.5, 0.6) is 5.75 Å². The van der Waals surface area contributed by atoms with Crippen LogP contribution in [0.1, 0.15) is 98.6 Å². The Labute approximate surface area is 223 Å². The Morgan fingerprint density at radius 1 is 1.18 bits per heavy atom. The molecule has 202 valence electrons. The lowest BCUT2D eigenvalue weighted by atomic mass is 9.84. The zero-order valence-corrected chi connectivity index (χ0v) is 22.5. The zero-order chi connectivity index (χ0) is 27.6. The van der Waals surface area contributed by atoms with Crippen LogP contribution in [0.2, 0.25) is 0 Å². The molecule has 2 aliphatic rings. The van der Waals surface area contributed by atoms with Gasteiger partial charge in [0, 0.05) is 48.2 Å². The number of hydrogen-bond acceptors (Lipinski definition) is 6. The number of benzene rings is 1. The van der Waals surface area contributed by atoms with Crippen molar-refractivity contribution in [3.05, 3.63) is 52.3 Å². The largest absolute Gasteiger partial charge is 0.491 e. The van der Waals surface area contributed by atoms with Gasteiger partial charge in [0.15, 0.2) is 5.78 Å². The van der Waals surface area contributed by atoms with E-state index < -0.39 is 11.4 Å². The number of rotatable bonds is 11. The lowest BCUT2D eigenvalue weighted by Crippen LogP contribution is -2.31. The Balaban J connectivity index is 1.56. The van der Waals surface area contributed by atoms with E-state index in [-0.39, 0.29) is 37.1 Å². The summed E-state index contributed by atoms with van der Waals surface area (Å²) in [5, 5.41) is 20.3. The summed E-state index contributed by atoms with van der Waals surface area (Å²) in [6, 6.07) is 7.48. The van der Waals surface area contributed by atoms with Crippen molar-refractivity contribution in [3.8, 4) is 5.75 Å². The molecule has 1 saturated carbocycles. The molecule has 0 bridgehead atoms. The Morgan fingerprint density at radius 2 is 1.92 bits per heavy atom. The van der Waals surface area contributed by atoms with Gasteiger partial charge in [-0.05, 0) is 49.3 Å². The smallest absolute Gasteiger partial charge is 0.303 e. The minimum Gasteiger partial charge on any atom is -0.491 e. The molecule has 1 fully saturated rings. The Kier molecular flexibility index (Phi) is 7.85. The van der Waals surface area contributed by atoms with Gasteiger partial charge in [0.25, 0.3) is 0 Å². The van der Waals surface area contributed by atoms with E-state index >= 15 is 0 Å². The minimum atomic E-state index is -0.851. The molecule has 4 rings (SSSR count). The number of carbonyl (C=O) groups is 3. The number of hydrogen-bond donors (Lipinski definition) is 3. The molecule has 2 heterocycles. The summed E-state index contributed by atoms with van der Waals surface area (Å²) in [7, 11) is 0. The number of pyridine rings is 1. The van der Waals surface area contributed by atoms with Crippen molar-refractivity contribution in [3.63, 3.8) is 0 Å². The van der Waals surface area contributed by atoms with Crippen LogP contribution < -0.4 is 10.1 Å². The van der Waals surface area contributed by atoms with E-state index in [4.69, 9.17) is 20.2 Å². The number of amides is 1. The molecule has 9 nitrogen and oxygen atoms in total. The summed E-state index contributed by atoms with van der Waals surface area (Å²) >= 11 is 0. The van der Waals surface area contributed by atoms with Crippen molar-refractivity contribution in [1.82, 2.24) is 9.88 Å². The van der Waals surface area contributed by atoms with Gasteiger partial charge in [0.1, 0.15) is 17.3 Å². The predicted molar refractivity (Wildman–Crippen MR) is 144 cm³/mol. The number of carboxylic acid groups (broad SMARTS) is 1. The van der Waals surface area contributed by atoms with Crippen LogP contribution in [0.4, 0.5) is 5.69 Å². The standard InChI is InChI=1S/C29H36N4O5/c1-17(34)31-23-14-20(13-21(29(2,3)4)27(23)38-12-6-5-7-25(36)37)24(35)16-33-15-19-10-11-22(18-8-9-18)32-26(19)28(33)30/h10-11,13-14,18,30H,5-9,12,15-16H2,1-4H3,(H,31,34)(H,36,37). The highest BCUT2D eigenvalue weighted by atomic mass is 16.5. The Morgan fingerprint density at radius 3 is 2.55 bits per heavy atom. The number of aromatic nitrogens is 1. The van der Waals surface area contributed by atoms with Crippen molar-refractivity contribution in [2.45, 2.75) is 77.7 Å². The molecule has 0 unspecified atom stereocenters. The number of ether oxygens (including phenoxy) is 1. The fraction of sp³-hybridized carbons (Fsp3) is 0.483. The number of aliphatic carboxylic acids is 1. The van der Waals surface area contributed by atoms with Crippen LogP contribution in [0, 0.1) is 5.41 Å². The molecular weight excluding hydrogens is 484 g/mol. The number of fused-ring (bicyclic) bond motifs is 1. The van der Waals surface area contributed by atoms with E-state index in [2.05, 4.69) is 5.32 Å². The molecule has 9 heteroatoms. The van der Waals surface area contributed by atoms with Crippen molar-refractivity contribution < 1.29 is 24.2 Å². The van der Waals surface area contributed by atoms with Crippen LogP contribution in [0.3, 0.4) is 0 Å². The predicted octanol–water partition coefficient (Wildman–Crippen LogP) is 4.87. The highest BCUT2D eigenvalue weighted by Crippen LogP contribution is 2.40. The second-order valence-electron chi connectivity index (χ2n) is 11.2. The SMILES string of the molecule is CC(=O)Nc1cc(C(=O)CN2Cc3ccc(C4CC4)nc3C2=N)cc(C(C)(C)C)c1OCCCCC(=O)O. The van der Waals surface area contributed by atoms with Crippen LogP contribution in [0.25, 0.3) is 0 Å². The number of nitrogens with one attached hydrogen (secondary N) is 2. The van der Waals surface area contributed by atoms with E-state index in [1.54, 1.807) is 17.0 Å². The first-order chi connectivity index (χ1) is 17.9. The monoisotopic (exact) mass is 520 g/mol. The first kappa shape index (κ1) is 27.3. The fourth-order valence-corrected chi connectivity index (χ4v) is 4.61. The third-order valence-corrected chi connectivity index (χ3v) is 6.79. The molecule has 2 aromatic rings. The summed E-state index contributed by atoms with van der Waals surface area (Å²) in [5.41, 5.74) is 3.82. The number of nitrogens with zero attached hydrogens (tertiary/aromatic N) is 2. The summed E-state index contributed by atoms with van der Waals surface area (Å²) in [5.74, 6) is -0.0808. The minimum absolute atomic E-state index is 0.0203. The van der Waals surface area contributed by atoms with Gasteiger partial charge in [-0.15, -0.1) is 0 Å². The van der Waals surface area contributed by atoms with Crippen LogP contribution in [-0.4, -0.2) is 51.6 Å². The fourth-order valence-electron chi connectivity index (χ4n) is 4.61. The van der Waals surface area contributed by atoms with Crippen LogP contribution in [0.15, 0.2) is 24.3 Å². The van der Waals surface area contributed by atoms with Gasteiger partial charge in [-0.3, -0.25) is 19.8 Å². The summed E-state index contributed by atoms with van der Waals surface area (Å²) in [6.07, 6.45) is 3.36. The number of carbonyl (C=O) groups excluding carboxylic acids is 2. The van der Waals surface area contributed by atoms with Gasteiger partial charge in [-0.2, -0.15) is 0 Å². The van der Waals surface area contributed by atoms with Crippen molar-refractivity contribution in [1.29, 1.82) is 5.41 Å². The van der Waals surface area contributed by atoms with E-state index in [1.165, 1.54) is 6.92 Å². The lowest BCUT2D eigenvalue weighted by Gasteiger charge is -2.26. The highest BCUT2D eigenvalue weighted by molar-refractivity contribution is 6.05. The van der Waals surface area contributed by atoms with Gasteiger partial charge in [-0.25, -0.2) is 4.98 Å². The molecule has 38 heavy (non-hydrogen) atoms. The maximum absolute atomic E-state index is 13.5. The highest BCUT2D eigenvalue weighted by Gasteiger charge is 2.32. The van der Waals surface area contributed by atoms with E-state index in [1.807, 2.05) is 32.9 Å². The van der Waals surface area contributed by atoms with Gasteiger partial charge in [0.05, 0.1) is 18.8 Å². The molecule has 1 aliphatic carbocycles. The first-order valence-corrected chi connectivity index (χ1v) is 13.1. The van der Waals surface area contributed by atoms with Crippen molar-refractivity contribution in [2.24, 2.45) is 0 Å². The first-order valence-electron chi connectivity index (χ1n) is 13.1. The topological polar surface area (TPSA) is 133 Å². The summed E-state index contributed by atoms with van der Waals surface area (Å²) < 4.78 is 6.07. The number of ketones is 1. The molecule has 1 amide bonds. The average Bonchev–Trinajstić information content (AvgIpc) is 3.63. The number of Topliss-reactive ketones (excluding diaryl/α,β-unsaturated/α-hetero) is 1. The molecular formula is C29H36N4O5. The quantitative estimate of drug-likeness (QED) is 0.284. The molecule has 0 atom stereocenters.